The number of imide groups is 1. The molecule has 146 valence electrons. The van der Waals surface area contributed by atoms with Gasteiger partial charge >= 0.3 is 6.09 Å². The lowest BCUT2D eigenvalue weighted by molar-refractivity contribution is -0.130. The molecular weight excluding hydrogens is 362 g/mol. The summed E-state index contributed by atoms with van der Waals surface area (Å²) < 4.78 is 5.27. The summed E-state index contributed by atoms with van der Waals surface area (Å²) in [7, 11) is 0. The SMILES string of the molecule is O=C1OC[C@@H](Cc2ccccc2)N1C(=O)[C@H](Cc1ccccc1)c1ccccc1. The minimum absolute atomic E-state index is 0.205. The number of cyclic esters (lactones) is 1. The Hall–Kier alpha value is -3.40. The van der Waals surface area contributed by atoms with Gasteiger partial charge in [-0.15, -0.1) is 0 Å². The average molecular weight is 385 g/mol. The van der Waals surface area contributed by atoms with Gasteiger partial charge in [-0.25, -0.2) is 9.69 Å². The molecule has 1 heterocycles. The number of ether oxygens (including phenoxy) is 1. The Morgan fingerprint density at radius 2 is 1.41 bits per heavy atom. The monoisotopic (exact) mass is 385 g/mol. The van der Waals surface area contributed by atoms with E-state index in [1.165, 1.54) is 4.90 Å². The second-order valence-electron chi connectivity index (χ2n) is 7.28. The quantitative estimate of drug-likeness (QED) is 0.623. The third-order valence-corrected chi connectivity index (χ3v) is 5.30. The van der Waals surface area contributed by atoms with Gasteiger partial charge in [0.2, 0.25) is 5.91 Å². The summed E-state index contributed by atoms with van der Waals surface area (Å²) in [6.45, 7) is 0.228. The highest BCUT2D eigenvalue weighted by Crippen LogP contribution is 2.28. The van der Waals surface area contributed by atoms with E-state index in [2.05, 4.69) is 0 Å². The molecule has 0 saturated carbocycles. The summed E-state index contributed by atoms with van der Waals surface area (Å²) >= 11 is 0. The molecular formula is C25H23NO3. The highest BCUT2D eigenvalue weighted by Gasteiger charge is 2.41. The lowest BCUT2D eigenvalue weighted by Gasteiger charge is -2.25. The van der Waals surface area contributed by atoms with Gasteiger partial charge in [0.15, 0.2) is 0 Å². The molecule has 0 spiro atoms. The molecule has 2 amide bonds. The second kappa shape index (κ2) is 8.74. The van der Waals surface area contributed by atoms with Gasteiger partial charge in [0.25, 0.3) is 0 Å². The molecule has 0 aromatic heterocycles. The Bertz CT molecular complexity index is 957. The van der Waals surface area contributed by atoms with E-state index in [1.807, 2.05) is 91.0 Å². The number of rotatable bonds is 6. The van der Waals surface area contributed by atoms with Crippen LogP contribution in [0, 0.1) is 0 Å². The Morgan fingerprint density at radius 1 is 0.862 bits per heavy atom. The fourth-order valence-corrected chi connectivity index (χ4v) is 3.82. The number of hydrogen-bond donors (Lipinski definition) is 0. The van der Waals surface area contributed by atoms with Crippen molar-refractivity contribution in [3.05, 3.63) is 108 Å². The van der Waals surface area contributed by atoms with E-state index in [0.717, 1.165) is 16.7 Å². The van der Waals surface area contributed by atoms with Gasteiger partial charge in [-0.05, 0) is 29.5 Å². The maximum absolute atomic E-state index is 13.6. The van der Waals surface area contributed by atoms with Crippen molar-refractivity contribution in [2.24, 2.45) is 0 Å². The molecule has 4 nitrogen and oxygen atoms in total. The van der Waals surface area contributed by atoms with E-state index in [9.17, 15) is 9.59 Å². The zero-order chi connectivity index (χ0) is 20.1. The molecule has 0 aliphatic carbocycles. The fourth-order valence-electron chi connectivity index (χ4n) is 3.82. The molecule has 0 unspecified atom stereocenters. The molecule has 3 aromatic rings. The van der Waals surface area contributed by atoms with E-state index in [4.69, 9.17) is 4.74 Å². The molecule has 1 aliphatic heterocycles. The number of carbonyl (C=O) groups is 2. The van der Waals surface area contributed by atoms with Gasteiger partial charge in [-0.1, -0.05) is 91.0 Å². The fraction of sp³-hybridized carbons (Fsp3) is 0.200. The maximum atomic E-state index is 13.6. The smallest absolute Gasteiger partial charge is 0.417 e. The number of carbonyl (C=O) groups excluding carboxylic acids is 2. The second-order valence-corrected chi connectivity index (χ2v) is 7.28. The molecule has 1 aliphatic rings. The third-order valence-electron chi connectivity index (χ3n) is 5.30. The van der Waals surface area contributed by atoms with Crippen LogP contribution in [0.1, 0.15) is 22.6 Å². The Labute approximate surface area is 170 Å². The van der Waals surface area contributed by atoms with E-state index in [0.29, 0.717) is 12.8 Å². The largest absolute Gasteiger partial charge is 0.447 e. The van der Waals surface area contributed by atoms with Crippen LogP contribution in [0.3, 0.4) is 0 Å². The number of amides is 2. The van der Waals surface area contributed by atoms with Crippen LogP contribution in [0.25, 0.3) is 0 Å². The number of hydrogen-bond acceptors (Lipinski definition) is 3. The predicted molar refractivity (Wildman–Crippen MR) is 111 cm³/mol. The van der Waals surface area contributed by atoms with Gasteiger partial charge in [0.1, 0.15) is 6.61 Å². The van der Waals surface area contributed by atoms with Crippen molar-refractivity contribution in [1.82, 2.24) is 4.90 Å². The van der Waals surface area contributed by atoms with Gasteiger partial charge in [0, 0.05) is 0 Å². The topological polar surface area (TPSA) is 46.6 Å². The van der Waals surface area contributed by atoms with Gasteiger partial charge in [0.05, 0.1) is 12.0 Å². The van der Waals surface area contributed by atoms with E-state index < -0.39 is 12.0 Å². The van der Waals surface area contributed by atoms with Crippen LogP contribution in [0.15, 0.2) is 91.0 Å². The van der Waals surface area contributed by atoms with Crippen molar-refractivity contribution in [3.8, 4) is 0 Å². The van der Waals surface area contributed by atoms with Crippen LogP contribution in [-0.4, -0.2) is 29.5 Å². The molecule has 1 saturated heterocycles. The van der Waals surface area contributed by atoms with Crippen LogP contribution in [-0.2, 0) is 22.4 Å². The Kier molecular flexibility index (Phi) is 5.71. The predicted octanol–water partition coefficient (Wildman–Crippen LogP) is 4.60. The molecule has 4 rings (SSSR count). The average Bonchev–Trinajstić information content (AvgIpc) is 3.13. The highest BCUT2D eigenvalue weighted by molar-refractivity contribution is 5.97. The van der Waals surface area contributed by atoms with E-state index >= 15 is 0 Å². The van der Waals surface area contributed by atoms with Crippen molar-refractivity contribution >= 4 is 12.0 Å². The van der Waals surface area contributed by atoms with Crippen molar-refractivity contribution in [2.75, 3.05) is 6.61 Å². The van der Waals surface area contributed by atoms with Crippen LogP contribution < -0.4 is 0 Å². The zero-order valence-electron chi connectivity index (χ0n) is 16.1. The third kappa shape index (κ3) is 4.37. The molecule has 4 heteroatoms. The van der Waals surface area contributed by atoms with Crippen LogP contribution >= 0.6 is 0 Å². The summed E-state index contributed by atoms with van der Waals surface area (Å²) in [5, 5.41) is 0. The summed E-state index contributed by atoms with van der Waals surface area (Å²) in [6, 6.07) is 29.1. The van der Waals surface area contributed by atoms with Gasteiger partial charge in [-0.3, -0.25) is 4.79 Å². The number of benzene rings is 3. The minimum Gasteiger partial charge on any atom is -0.447 e. The molecule has 0 radical (unpaired) electrons. The molecule has 2 atom stereocenters. The first kappa shape index (κ1) is 18.9. The highest BCUT2D eigenvalue weighted by atomic mass is 16.6. The molecule has 0 N–H and O–H groups in total. The van der Waals surface area contributed by atoms with Crippen molar-refractivity contribution in [1.29, 1.82) is 0 Å². The summed E-state index contributed by atoms with van der Waals surface area (Å²) in [4.78, 5) is 27.4. The summed E-state index contributed by atoms with van der Waals surface area (Å²) in [5.74, 6) is -0.647. The first-order chi connectivity index (χ1) is 14.2. The van der Waals surface area contributed by atoms with E-state index in [1.54, 1.807) is 0 Å². The molecule has 1 fully saturated rings. The zero-order valence-corrected chi connectivity index (χ0v) is 16.1. The normalized spacial score (nSPS) is 17.0. The Balaban J connectivity index is 1.62. The minimum atomic E-state index is -0.551. The van der Waals surface area contributed by atoms with Crippen LogP contribution in [0.5, 0.6) is 0 Å². The van der Waals surface area contributed by atoms with Crippen molar-refractivity contribution in [3.63, 3.8) is 0 Å². The van der Waals surface area contributed by atoms with Gasteiger partial charge in [-0.2, -0.15) is 0 Å². The standard InChI is InChI=1S/C25H23NO3/c27-24(26-22(18-29-25(26)28)16-19-10-4-1-5-11-19)23(21-14-8-3-9-15-21)17-20-12-6-2-7-13-20/h1-15,22-23H,16-18H2/t22-,23-/m1/s1. The summed E-state index contributed by atoms with van der Waals surface area (Å²) in [5.41, 5.74) is 3.04. The van der Waals surface area contributed by atoms with Crippen LogP contribution in [0.4, 0.5) is 4.79 Å². The van der Waals surface area contributed by atoms with Gasteiger partial charge < -0.3 is 4.74 Å². The van der Waals surface area contributed by atoms with Crippen LogP contribution in [0.2, 0.25) is 0 Å². The summed E-state index contributed by atoms with van der Waals surface area (Å²) in [6.07, 6.45) is 0.571. The molecule has 3 aromatic carbocycles. The van der Waals surface area contributed by atoms with Crippen molar-refractivity contribution < 1.29 is 14.3 Å². The van der Waals surface area contributed by atoms with Crippen molar-refractivity contribution in [2.45, 2.75) is 24.8 Å². The Morgan fingerprint density at radius 3 is 2.03 bits per heavy atom. The lowest BCUT2D eigenvalue weighted by atomic mass is 9.90. The lowest BCUT2D eigenvalue weighted by Crippen LogP contribution is -2.43. The number of nitrogens with zero attached hydrogens (tertiary/aromatic N) is 1. The maximum Gasteiger partial charge on any atom is 0.417 e. The van der Waals surface area contributed by atoms with E-state index in [-0.39, 0.29) is 18.6 Å². The molecule has 0 bridgehead atoms. The first-order valence-corrected chi connectivity index (χ1v) is 9.85. The molecule has 29 heavy (non-hydrogen) atoms. The first-order valence-electron chi connectivity index (χ1n) is 9.85.